The summed E-state index contributed by atoms with van der Waals surface area (Å²) in [6, 6.07) is 7.00. The van der Waals surface area contributed by atoms with Gasteiger partial charge >= 0.3 is 6.18 Å². The number of alkyl halides is 3. The van der Waals surface area contributed by atoms with Crippen LogP contribution in [0.2, 0.25) is 0 Å². The lowest BCUT2D eigenvalue weighted by Gasteiger charge is -2.17. The van der Waals surface area contributed by atoms with Crippen molar-refractivity contribution in [1.82, 2.24) is 4.57 Å². The number of aromatic nitrogens is 1. The molecule has 0 aliphatic heterocycles. The maximum Gasteiger partial charge on any atom is 0.418 e. The third-order valence-corrected chi connectivity index (χ3v) is 3.23. The van der Waals surface area contributed by atoms with Gasteiger partial charge in [0.05, 0.1) is 11.3 Å². The molecule has 0 unspecified atom stereocenters. The monoisotopic (exact) mass is 281 g/mol. The number of carbonyl (C=O) groups is 1. The van der Waals surface area contributed by atoms with Crippen LogP contribution < -0.4 is 0 Å². The molecule has 2 rings (SSSR count). The van der Waals surface area contributed by atoms with Gasteiger partial charge in [0, 0.05) is 17.0 Å². The lowest BCUT2D eigenvalue weighted by molar-refractivity contribution is -0.137. The number of nitrogens with zero attached hydrogens (tertiary/aromatic N) is 1. The van der Waals surface area contributed by atoms with Crippen molar-refractivity contribution < 1.29 is 18.0 Å². The predicted molar refractivity (Wildman–Crippen MR) is 70.3 cm³/mol. The number of rotatable bonds is 3. The molecule has 0 N–H and O–H groups in total. The van der Waals surface area contributed by atoms with Crippen LogP contribution in [0.5, 0.6) is 0 Å². The fraction of sp³-hybridized carbons (Fsp3) is 0.267. The van der Waals surface area contributed by atoms with E-state index in [2.05, 4.69) is 0 Å². The highest BCUT2D eigenvalue weighted by molar-refractivity contribution is 5.78. The van der Waals surface area contributed by atoms with Crippen LogP contribution in [0, 0.1) is 6.92 Å². The topological polar surface area (TPSA) is 22.0 Å². The third-order valence-electron chi connectivity index (χ3n) is 3.23. The number of benzene rings is 1. The fourth-order valence-corrected chi connectivity index (χ4v) is 2.42. The van der Waals surface area contributed by atoms with Crippen molar-refractivity contribution in [3.8, 4) is 5.69 Å². The average Bonchev–Trinajstić information content (AvgIpc) is 2.73. The number of aryl methyl sites for hydroxylation is 1. The molecule has 2 nitrogen and oxygen atoms in total. The first kappa shape index (κ1) is 14.4. The zero-order chi connectivity index (χ0) is 14.9. The molecule has 0 saturated heterocycles. The quantitative estimate of drug-likeness (QED) is 0.774. The molecule has 0 saturated carbocycles. The van der Waals surface area contributed by atoms with Crippen LogP contribution >= 0.6 is 0 Å². The molecular weight excluding hydrogens is 267 g/mol. The second kappa shape index (κ2) is 5.15. The molecule has 0 bridgehead atoms. The second-order valence-electron chi connectivity index (χ2n) is 4.51. The summed E-state index contributed by atoms with van der Waals surface area (Å²) >= 11 is 0. The Labute approximate surface area is 114 Å². The van der Waals surface area contributed by atoms with Gasteiger partial charge in [-0.3, -0.25) is 4.79 Å². The van der Waals surface area contributed by atoms with E-state index in [-0.39, 0.29) is 5.69 Å². The van der Waals surface area contributed by atoms with E-state index >= 15 is 0 Å². The Morgan fingerprint density at radius 2 is 1.90 bits per heavy atom. The second-order valence-corrected chi connectivity index (χ2v) is 4.51. The molecular formula is C15H14F3NO. The SMILES string of the molecule is CCc1c(C=O)cc(C)n1-c1ccccc1C(F)(F)F. The summed E-state index contributed by atoms with van der Waals surface area (Å²) in [6.07, 6.45) is -3.27. The molecule has 106 valence electrons. The molecule has 0 aliphatic rings. The van der Waals surface area contributed by atoms with Gasteiger partial charge in [0.2, 0.25) is 0 Å². The van der Waals surface area contributed by atoms with Gasteiger partial charge in [-0.15, -0.1) is 0 Å². The standard InChI is InChI=1S/C15H14F3NO/c1-3-13-11(9-20)8-10(2)19(13)14-7-5-4-6-12(14)15(16,17)18/h4-9H,3H2,1-2H3. The van der Waals surface area contributed by atoms with E-state index in [1.165, 1.54) is 16.7 Å². The number of para-hydroxylation sites is 1. The van der Waals surface area contributed by atoms with Gasteiger partial charge in [-0.05, 0) is 31.5 Å². The Kier molecular flexibility index (Phi) is 3.70. The highest BCUT2D eigenvalue weighted by Gasteiger charge is 2.34. The molecule has 5 heteroatoms. The van der Waals surface area contributed by atoms with E-state index in [1.807, 2.05) is 6.92 Å². The summed E-state index contributed by atoms with van der Waals surface area (Å²) in [5.41, 5.74) is 0.991. The molecule has 20 heavy (non-hydrogen) atoms. The van der Waals surface area contributed by atoms with Crippen molar-refractivity contribution in [3.05, 3.63) is 52.8 Å². The summed E-state index contributed by atoms with van der Waals surface area (Å²) in [7, 11) is 0. The highest BCUT2D eigenvalue weighted by atomic mass is 19.4. The van der Waals surface area contributed by atoms with Crippen molar-refractivity contribution in [3.63, 3.8) is 0 Å². The van der Waals surface area contributed by atoms with Crippen LogP contribution in [0.3, 0.4) is 0 Å². The maximum atomic E-state index is 13.1. The van der Waals surface area contributed by atoms with Crippen LogP contribution in [-0.2, 0) is 12.6 Å². The Hall–Kier alpha value is -2.04. The normalized spacial score (nSPS) is 11.7. The summed E-state index contributed by atoms with van der Waals surface area (Å²) in [5.74, 6) is 0. The van der Waals surface area contributed by atoms with Crippen LogP contribution in [0.4, 0.5) is 13.2 Å². The number of hydrogen-bond acceptors (Lipinski definition) is 1. The Morgan fingerprint density at radius 1 is 1.25 bits per heavy atom. The fourth-order valence-electron chi connectivity index (χ4n) is 2.42. The molecule has 2 aromatic rings. The molecule has 1 heterocycles. The molecule has 1 aromatic heterocycles. The lowest BCUT2D eigenvalue weighted by Crippen LogP contribution is -2.13. The van der Waals surface area contributed by atoms with E-state index in [0.29, 0.717) is 29.7 Å². The molecule has 1 aromatic carbocycles. The minimum atomic E-state index is -4.43. The van der Waals surface area contributed by atoms with E-state index in [0.717, 1.165) is 6.07 Å². The van der Waals surface area contributed by atoms with Gasteiger partial charge in [-0.1, -0.05) is 19.1 Å². The first-order valence-electron chi connectivity index (χ1n) is 6.23. The summed E-state index contributed by atoms with van der Waals surface area (Å²) < 4.78 is 40.8. The van der Waals surface area contributed by atoms with Gasteiger partial charge in [-0.2, -0.15) is 13.2 Å². The molecule has 0 spiro atoms. The summed E-state index contributed by atoms with van der Waals surface area (Å²) in [6.45, 7) is 3.51. The highest BCUT2D eigenvalue weighted by Crippen LogP contribution is 2.35. The Balaban J connectivity index is 2.76. The lowest BCUT2D eigenvalue weighted by atomic mass is 10.1. The first-order valence-corrected chi connectivity index (χ1v) is 6.23. The summed E-state index contributed by atoms with van der Waals surface area (Å²) in [4.78, 5) is 11.0. The van der Waals surface area contributed by atoms with Crippen LogP contribution in [-0.4, -0.2) is 10.9 Å². The molecule has 0 radical (unpaired) electrons. The molecule has 0 aliphatic carbocycles. The van der Waals surface area contributed by atoms with E-state index in [1.54, 1.807) is 19.1 Å². The largest absolute Gasteiger partial charge is 0.418 e. The van der Waals surface area contributed by atoms with E-state index < -0.39 is 11.7 Å². The third kappa shape index (κ3) is 2.35. The Morgan fingerprint density at radius 3 is 2.45 bits per heavy atom. The maximum absolute atomic E-state index is 13.1. The van der Waals surface area contributed by atoms with E-state index in [9.17, 15) is 18.0 Å². The zero-order valence-corrected chi connectivity index (χ0v) is 11.2. The van der Waals surface area contributed by atoms with Gasteiger partial charge in [-0.25, -0.2) is 0 Å². The van der Waals surface area contributed by atoms with Gasteiger partial charge in [0.15, 0.2) is 6.29 Å². The van der Waals surface area contributed by atoms with Crippen molar-refractivity contribution in [2.45, 2.75) is 26.4 Å². The van der Waals surface area contributed by atoms with E-state index in [4.69, 9.17) is 0 Å². The van der Waals surface area contributed by atoms with Crippen molar-refractivity contribution in [1.29, 1.82) is 0 Å². The van der Waals surface area contributed by atoms with Crippen LogP contribution in [0.1, 0.15) is 34.2 Å². The number of carbonyl (C=O) groups excluding carboxylic acids is 1. The van der Waals surface area contributed by atoms with Crippen molar-refractivity contribution in [2.75, 3.05) is 0 Å². The minimum Gasteiger partial charge on any atom is -0.317 e. The Bertz CT molecular complexity index is 641. The number of hydrogen-bond donors (Lipinski definition) is 0. The number of halogens is 3. The predicted octanol–water partition coefficient (Wildman–Crippen LogP) is 4.18. The summed E-state index contributed by atoms with van der Waals surface area (Å²) in [5, 5.41) is 0. The molecule has 0 amide bonds. The average molecular weight is 281 g/mol. The first-order chi connectivity index (χ1) is 9.40. The zero-order valence-electron chi connectivity index (χ0n) is 11.2. The number of aldehydes is 1. The van der Waals surface area contributed by atoms with Gasteiger partial charge < -0.3 is 4.57 Å². The smallest absolute Gasteiger partial charge is 0.317 e. The van der Waals surface area contributed by atoms with Gasteiger partial charge in [0.1, 0.15) is 0 Å². The van der Waals surface area contributed by atoms with Crippen molar-refractivity contribution >= 4 is 6.29 Å². The van der Waals surface area contributed by atoms with Crippen LogP contribution in [0.25, 0.3) is 5.69 Å². The van der Waals surface area contributed by atoms with Crippen LogP contribution in [0.15, 0.2) is 30.3 Å². The van der Waals surface area contributed by atoms with Gasteiger partial charge in [0.25, 0.3) is 0 Å². The molecule has 0 atom stereocenters. The minimum absolute atomic E-state index is 0.0578. The molecule has 0 fully saturated rings. The van der Waals surface area contributed by atoms with Crippen molar-refractivity contribution in [2.24, 2.45) is 0 Å².